The number of aliphatic imine (C=N–C) groups is 1. The Hall–Kier alpha value is -2.83. The second-order valence-corrected chi connectivity index (χ2v) is 7.32. The Bertz CT molecular complexity index is 784. The summed E-state index contributed by atoms with van der Waals surface area (Å²) in [5.41, 5.74) is 1.15. The van der Waals surface area contributed by atoms with E-state index in [1.165, 1.54) is 12.8 Å². The topological polar surface area (TPSA) is 65.9 Å². The molecule has 28 heavy (non-hydrogen) atoms. The summed E-state index contributed by atoms with van der Waals surface area (Å²) >= 11 is 0. The summed E-state index contributed by atoms with van der Waals surface area (Å²) in [7, 11) is 1.84. The third kappa shape index (κ3) is 4.91. The minimum Gasteiger partial charge on any atom is -0.477 e. The fraction of sp³-hybridized carbons (Fsp3) is 0.476. The van der Waals surface area contributed by atoms with Crippen molar-refractivity contribution in [2.45, 2.75) is 19.4 Å². The van der Waals surface area contributed by atoms with E-state index >= 15 is 0 Å². The molecule has 2 fully saturated rings. The van der Waals surface area contributed by atoms with Gasteiger partial charge < -0.3 is 19.9 Å². The molecule has 148 valence electrons. The summed E-state index contributed by atoms with van der Waals surface area (Å²) in [5, 5.41) is 3.47. The minimum atomic E-state index is 0.704. The molecule has 2 aliphatic rings. The number of hydrogen-bond acceptors (Lipinski definition) is 5. The van der Waals surface area contributed by atoms with Crippen molar-refractivity contribution in [2.24, 2.45) is 10.9 Å². The van der Waals surface area contributed by atoms with Crippen molar-refractivity contribution in [3.05, 3.63) is 48.3 Å². The van der Waals surface area contributed by atoms with Crippen LogP contribution >= 0.6 is 0 Å². The molecule has 1 aliphatic carbocycles. The van der Waals surface area contributed by atoms with Gasteiger partial charge in [0.05, 0.1) is 6.61 Å². The molecule has 0 amide bonds. The van der Waals surface area contributed by atoms with E-state index in [1.54, 1.807) is 0 Å². The summed E-state index contributed by atoms with van der Waals surface area (Å²) in [6.45, 7) is 5.20. The smallest absolute Gasteiger partial charge is 0.213 e. The van der Waals surface area contributed by atoms with Crippen LogP contribution in [-0.4, -0.2) is 60.7 Å². The third-order valence-electron chi connectivity index (χ3n) is 5.18. The molecule has 0 unspecified atom stereocenters. The molecule has 1 aliphatic heterocycles. The maximum Gasteiger partial charge on any atom is 0.213 e. The molecule has 0 spiro atoms. The first-order chi connectivity index (χ1) is 13.8. The first-order valence-electron chi connectivity index (χ1n) is 10.0. The molecule has 0 bridgehead atoms. The van der Waals surface area contributed by atoms with Crippen LogP contribution in [0.2, 0.25) is 0 Å². The van der Waals surface area contributed by atoms with Crippen molar-refractivity contribution in [3.63, 3.8) is 0 Å². The SMILES string of the molecule is CN=C(NCc1ccnc(OCC2CC2)c1)N1CCN(c2ccccn2)CC1. The van der Waals surface area contributed by atoms with Crippen LogP contribution < -0.4 is 15.0 Å². The van der Waals surface area contributed by atoms with E-state index in [9.17, 15) is 0 Å². The lowest BCUT2D eigenvalue weighted by atomic mass is 10.2. The standard InChI is InChI=1S/C21H28N6O/c1-22-21(27-12-10-26(11-13-27)19-4-2-3-8-23-19)25-15-18-7-9-24-20(14-18)28-16-17-5-6-17/h2-4,7-9,14,17H,5-6,10-13,15-16H2,1H3,(H,22,25). The van der Waals surface area contributed by atoms with Gasteiger partial charge in [-0.1, -0.05) is 6.07 Å². The molecular formula is C21H28N6O. The highest BCUT2D eigenvalue weighted by Gasteiger charge is 2.22. The van der Waals surface area contributed by atoms with E-state index in [0.717, 1.165) is 56.0 Å². The van der Waals surface area contributed by atoms with Crippen molar-refractivity contribution in [2.75, 3.05) is 44.7 Å². The summed E-state index contributed by atoms with van der Waals surface area (Å²) < 4.78 is 5.78. The monoisotopic (exact) mass is 380 g/mol. The van der Waals surface area contributed by atoms with Crippen LogP contribution in [0.1, 0.15) is 18.4 Å². The molecule has 2 aromatic rings. The van der Waals surface area contributed by atoms with Gasteiger partial charge in [0.25, 0.3) is 0 Å². The zero-order valence-corrected chi connectivity index (χ0v) is 16.4. The summed E-state index contributed by atoms with van der Waals surface area (Å²) in [6, 6.07) is 10.1. The van der Waals surface area contributed by atoms with Crippen molar-refractivity contribution in [3.8, 4) is 5.88 Å². The van der Waals surface area contributed by atoms with Crippen LogP contribution in [0, 0.1) is 5.92 Å². The van der Waals surface area contributed by atoms with Gasteiger partial charge in [-0.2, -0.15) is 0 Å². The molecule has 2 aromatic heterocycles. The Labute approximate surface area is 166 Å². The van der Waals surface area contributed by atoms with E-state index in [1.807, 2.05) is 43.7 Å². The number of nitrogens with one attached hydrogen (secondary N) is 1. The second-order valence-electron chi connectivity index (χ2n) is 7.32. The number of nitrogens with zero attached hydrogens (tertiary/aromatic N) is 5. The maximum absolute atomic E-state index is 5.78. The summed E-state index contributed by atoms with van der Waals surface area (Å²) in [5.74, 6) is 3.41. The molecule has 0 atom stereocenters. The number of aromatic nitrogens is 2. The molecule has 1 saturated carbocycles. The molecule has 7 heteroatoms. The molecule has 0 radical (unpaired) electrons. The number of piperazine rings is 1. The van der Waals surface area contributed by atoms with E-state index in [-0.39, 0.29) is 0 Å². The van der Waals surface area contributed by atoms with Crippen LogP contribution in [-0.2, 0) is 6.54 Å². The number of guanidine groups is 1. The predicted octanol–water partition coefficient (Wildman–Crippen LogP) is 2.16. The number of rotatable bonds is 6. The molecule has 0 aromatic carbocycles. The van der Waals surface area contributed by atoms with E-state index in [0.29, 0.717) is 12.4 Å². The van der Waals surface area contributed by atoms with E-state index < -0.39 is 0 Å². The van der Waals surface area contributed by atoms with Gasteiger partial charge in [-0.3, -0.25) is 4.99 Å². The van der Waals surface area contributed by atoms with Crippen LogP contribution in [0.5, 0.6) is 5.88 Å². The molecule has 1 N–H and O–H groups in total. The molecular weight excluding hydrogens is 352 g/mol. The molecule has 3 heterocycles. The summed E-state index contributed by atoms with van der Waals surface area (Å²) in [6.07, 6.45) is 6.23. The van der Waals surface area contributed by atoms with Gasteiger partial charge in [0.2, 0.25) is 5.88 Å². The number of anilines is 1. The van der Waals surface area contributed by atoms with Gasteiger partial charge in [-0.15, -0.1) is 0 Å². The van der Waals surface area contributed by atoms with Gasteiger partial charge >= 0.3 is 0 Å². The van der Waals surface area contributed by atoms with Crippen molar-refractivity contribution < 1.29 is 4.74 Å². The zero-order chi connectivity index (χ0) is 19.2. The highest BCUT2D eigenvalue weighted by atomic mass is 16.5. The number of hydrogen-bond donors (Lipinski definition) is 1. The van der Waals surface area contributed by atoms with E-state index in [4.69, 9.17) is 4.74 Å². The largest absolute Gasteiger partial charge is 0.477 e. The minimum absolute atomic E-state index is 0.704. The Morgan fingerprint density at radius 2 is 2.00 bits per heavy atom. The van der Waals surface area contributed by atoms with Gasteiger partial charge in [0.1, 0.15) is 5.82 Å². The molecule has 4 rings (SSSR count). The van der Waals surface area contributed by atoms with Crippen LogP contribution in [0.4, 0.5) is 5.82 Å². The van der Waals surface area contributed by atoms with Crippen molar-refractivity contribution in [1.29, 1.82) is 0 Å². The summed E-state index contributed by atoms with van der Waals surface area (Å²) in [4.78, 5) is 17.8. The number of pyridine rings is 2. The number of ether oxygens (including phenoxy) is 1. The van der Waals surface area contributed by atoms with Gasteiger partial charge in [0.15, 0.2) is 5.96 Å². The zero-order valence-electron chi connectivity index (χ0n) is 16.4. The van der Waals surface area contributed by atoms with Gasteiger partial charge in [-0.25, -0.2) is 9.97 Å². The van der Waals surface area contributed by atoms with Crippen LogP contribution in [0.15, 0.2) is 47.7 Å². The first kappa shape index (κ1) is 18.5. The third-order valence-corrected chi connectivity index (χ3v) is 5.18. The Kier molecular flexibility index (Phi) is 5.89. The first-order valence-corrected chi connectivity index (χ1v) is 10.0. The lowest BCUT2D eigenvalue weighted by Gasteiger charge is -2.37. The average Bonchev–Trinajstić information content (AvgIpc) is 3.59. The van der Waals surface area contributed by atoms with Crippen LogP contribution in [0.3, 0.4) is 0 Å². The van der Waals surface area contributed by atoms with E-state index in [2.05, 4.69) is 36.1 Å². The highest BCUT2D eigenvalue weighted by molar-refractivity contribution is 5.80. The average molecular weight is 380 g/mol. The van der Waals surface area contributed by atoms with Crippen LogP contribution in [0.25, 0.3) is 0 Å². The van der Waals surface area contributed by atoms with Gasteiger partial charge in [-0.05, 0) is 42.5 Å². The van der Waals surface area contributed by atoms with Crippen molar-refractivity contribution in [1.82, 2.24) is 20.2 Å². The Morgan fingerprint density at radius 1 is 1.14 bits per heavy atom. The Morgan fingerprint density at radius 3 is 2.71 bits per heavy atom. The van der Waals surface area contributed by atoms with Crippen molar-refractivity contribution >= 4 is 11.8 Å². The predicted molar refractivity (Wildman–Crippen MR) is 111 cm³/mol. The molecule has 1 saturated heterocycles. The molecule has 7 nitrogen and oxygen atoms in total. The lowest BCUT2D eigenvalue weighted by Crippen LogP contribution is -2.52. The maximum atomic E-state index is 5.78. The van der Waals surface area contributed by atoms with Gasteiger partial charge in [0, 0.05) is 58.2 Å². The fourth-order valence-corrected chi connectivity index (χ4v) is 3.33. The highest BCUT2D eigenvalue weighted by Crippen LogP contribution is 2.29. The quantitative estimate of drug-likeness (QED) is 0.612. The fourth-order valence-electron chi connectivity index (χ4n) is 3.33. The second kappa shape index (κ2) is 8.91. The Balaban J connectivity index is 1.27. The lowest BCUT2D eigenvalue weighted by molar-refractivity contribution is 0.288. The normalized spacial score (nSPS) is 17.5.